The molecule has 0 saturated carbocycles. The number of rotatable bonds is 4. The summed E-state index contributed by atoms with van der Waals surface area (Å²) in [4.78, 5) is 30.0. The lowest BCUT2D eigenvalue weighted by molar-refractivity contribution is -0.135. The number of amides is 2. The molecule has 0 bridgehead atoms. The van der Waals surface area contributed by atoms with Crippen LogP contribution in [0, 0.1) is 6.92 Å². The van der Waals surface area contributed by atoms with Gasteiger partial charge in [-0.2, -0.15) is 0 Å². The zero-order valence-electron chi connectivity index (χ0n) is 10.8. The summed E-state index contributed by atoms with van der Waals surface area (Å²) in [6, 6.07) is 0. The molecule has 6 nitrogen and oxygen atoms in total. The van der Waals surface area contributed by atoms with Gasteiger partial charge in [0.05, 0.1) is 24.4 Å². The minimum Gasteiger partial charge on any atom is -0.378 e. The molecule has 19 heavy (non-hydrogen) atoms. The normalized spacial score (nSPS) is 15.3. The molecule has 0 radical (unpaired) electrons. The monoisotopic (exact) mass is 283 g/mol. The van der Waals surface area contributed by atoms with Crippen molar-refractivity contribution in [3.63, 3.8) is 0 Å². The summed E-state index contributed by atoms with van der Waals surface area (Å²) in [6.45, 7) is 4.62. The van der Waals surface area contributed by atoms with Gasteiger partial charge in [0, 0.05) is 26.1 Å². The molecule has 2 heterocycles. The van der Waals surface area contributed by atoms with E-state index in [0.29, 0.717) is 44.1 Å². The van der Waals surface area contributed by atoms with Crippen molar-refractivity contribution in [2.75, 3.05) is 32.8 Å². The van der Waals surface area contributed by atoms with Gasteiger partial charge in [-0.1, -0.05) is 0 Å². The van der Waals surface area contributed by atoms with Gasteiger partial charge in [0.1, 0.15) is 4.88 Å². The molecule has 1 saturated heterocycles. The quantitative estimate of drug-likeness (QED) is 0.870. The van der Waals surface area contributed by atoms with Gasteiger partial charge in [-0.15, -0.1) is 11.3 Å². The van der Waals surface area contributed by atoms with Gasteiger partial charge in [0.15, 0.2) is 0 Å². The van der Waals surface area contributed by atoms with E-state index in [9.17, 15) is 9.59 Å². The summed E-state index contributed by atoms with van der Waals surface area (Å²) >= 11 is 1.31. The van der Waals surface area contributed by atoms with Crippen molar-refractivity contribution in [3.05, 3.63) is 16.1 Å². The smallest absolute Gasteiger partial charge is 0.263 e. The van der Waals surface area contributed by atoms with Gasteiger partial charge in [0.25, 0.3) is 5.91 Å². The van der Waals surface area contributed by atoms with Crippen LogP contribution in [0.3, 0.4) is 0 Å². The first kappa shape index (κ1) is 14.0. The number of thiazole rings is 1. The van der Waals surface area contributed by atoms with Crippen molar-refractivity contribution in [1.82, 2.24) is 15.2 Å². The number of hydrogen-bond acceptors (Lipinski definition) is 5. The average Bonchev–Trinajstić information content (AvgIpc) is 2.86. The Morgan fingerprint density at radius 2 is 2.21 bits per heavy atom. The molecule has 0 aliphatic carbocycles. The van der Waals surface area contributed by atoms with E-state index >= 15 is 0 Å². The van der Waals surface area contributed by atoms with Crippen LogP contribution in [-0.4, -0.2) is 54.5 Å². The molecule has 1 aliphatic rings. The van der Waals surface area contributed by atoms with Gasteiger partial charge >= 0.3 is 0 Å². The van der Waals surface area contributed by atoms with E-state index in [1.54, 1.807) is 17.3 Å². The van der Waals surface area contributed by atoms with Crippen molar-refractivity contribution < 1.29 is 14.3 Å². The van der Waals surface area contributed by atoms with E-state index in [-0.39, 0.29) is 11.8 Å². The number of hydrogen-bond donors (Lipinski definition) is 1. The molecule has 0 unspecified atom stereocenters. The largest absolute Gasteiger partial charge is 0.378 e. The number of carbonyl (C=O) groups excluding carboxylic acids is 2. The molecule has 7 heteroatoms. The van der Waals surface area contributed by atoms with Crippen molar-refractivity contribution >= 4 is 23.2 Å². The summed E-state index contributed by atoms with van der Waals surface area (Å²) < 4.78 is 5.19. The second kappa shape index (κ2) is 6.63. The van der Waals surface area contributed by atoms with Crippen molar-refractivity contribution in [2.45, 2.75) is 13.3 Å². The fraction of sp³-hybridized carbons (Fsp3) is 0.583. The van der Waals surface area contributed by atoms with Crippen LogP contribution in [0.1, 0.15) is 21.8 Å². The highest BCUT2D eigenvalue weighted by molar-refractivity contribution is 7.11. The Bertz CT molecular complexity index is 455. The molecular formula is C12H17N3O3S. The van der Waals surface area contributed by atoms with E-state index in [4.69, 9.17) is 4.74 Å². The van der Waals surface area contributed by atoms with E-state index in [1.165, 1.54) is 11.3 Å². The first-order valence-corrected chi connectivity index (χ1v) is 7.10. The molecule has 1 aromatic rings. The number of nitrogens with one attached hydrogen (secondary N) is 1. The van der Waals surface area contributed by atoms with Crippen LogP contribution in [0.2, 0.25) is 0 Å². The van der Waals surface area contributed by atoms with Gasteiger partial charge < -0.3 is 15.0 Å². The lowest BCUT2D eigenvalue weighted by atomic mass is 10.3. The lowest BCUT2D eigenvalue weighted by Gasteiger charge is -2.26. The molecule has 1 fully saturated rings. The first-order valence-electron chi connectivity index (χ1n) is 6.22. The molecule has 104 valence electrons. The second-order valence-corrected chi connectivity index (χ2v) is 5.12. The molecule has 2 amide bonds. The maximum absolute atomic E-state index is 11.8. The predicted molar refractivity (Wildman–Crippen MR) is 71.2 cm³/mol. The van der Waals surface area contributed by atoms with Crippen molar-refractivity contribution in [1.29, 1.82) is 0 Å². The van der Waals surface area contributed by atoms with Gasteiger partial charge in [-0.3, -0.25) is 9.59 Å². The van der Waals surface area contributed by atoms with Crippen LogP contribution in [0.5, 0.6) is 0 Å². The zero-order chi connectivity index (χ0) is 13.7. The summed E-state index contributed by atoms with van der Waals surface area (Å²) in [6.07, 6.45) is 0.323. The topological polar surface area (TPSA) is 71.5 Å². The lowest BCUT2D eigenvalue weighted by Crippen LogP contribution is -2.42. The Hall–Kier alpha value is -1.47. The first-order chi connectivity index (χ1) is 9.18. The van der Waals surface area contributed by atoms with E-state index in [1.807, 2.05) is 0 Å². The number of nitrogens with zero attached hydrogens (tertiary/aromatic N) is 2. The molecular weight excluding hydrogens is 266 g/mol. The highest BCUT2D eigenvalue weighted by Crippen LogP contribution is 2.11. The Kier molecular flexibility index (Phi) is 4.86. The van der Waals surface area contributed by atoms with Gasteiger partial charge in [-0.05, 0) is 6.92 Å². The molecule has 2 rings (SSSR count). The second-order valence-electron chi connectivity index (χ2n) is 4.27. The highest BCUT2D eigenvalue weighted by atomic mass is 32.1. The fourth-order valence-electron chi connectivity index (χ4n) is 1.85. The number of carbonyl (C=O) groups is 2. The van der Waals surface area contributed by atoms with Crippen LogP contribution in [0.25, 0.3) is 0 Å². The standard InChI is InChI=1S/C12H17N3O3S/c1-9-11(19-8-14-9)12(17)13-3-2-10(16)15-4-6-18-7-5-15/h8H,2-7H2,1H3,(H,13,17). The maximum atomic E-state index is 11.8. The summed E-state index contributed by atoms with van der Waals surface area (Å²) in [5.41, 5.74) is 2.37. The molecule has 0 atom stereocenters. The number of aryl methyl sites for hydroxylation is 1. The summed E-state index contributed by atoms with van der Waals surface area (Å²) in [5.74, 6) is -0.0978. The minimum absolute atomic E-state index is 0.0598. The third-order valence-electron chi connectivity index (χ3n) is 2.94. The molecule has 1 aromatic heterocycles. The number of morpholine rings is 1. The van der Waals surface area contributed by atoms with Crippen LogP contribution >= 0.6 is 11.3 Å². The van der Waals surface area contributed by atoms with Crippen LogP contribution in [-0.2, 0) is 9.53 Å². The molecule has 0 spiro atoms. The SMILES string of the molecule is Cc1ncsc1C(=O)NCCC(=O)N1CCOCC1. The minimum atomic E-state index is -0.158. The zero-order valence-corrected chi connectivity index (χ0v) is 11.7. The van der Waals surface area contributed by atoms with Crippen LogP contribution < -0.4 is 5.32 Å². The maximum Gasteiger partial charge on any atom is 0.263 e. The third kappa shape index (κ3) is 3.74. The average molecular weight is 283 g/mol. The van der Waals surface area contributed by atoms with Gasteiger partial charge in [-0.25, -0.2) is 4.98 Å². The Morgan fingerprint density at radius 3 is 2.84 bits per heavy atom. The number of aromatic nitrogens is 1. The Labute approximate surface area is 115 Å². The van der Waals surface area contributed by atoms with Crippen molar-refractivity contribution in [3.8, 4) is 0 Å². The van der Waals surface area contributed by atoms with Gasteiger partial charge in [0.2, 0.25) is 5.91 Å². The molecule has 1 N–H and O–H groups in total. The summed E-state index contributed by atoms with van der Waals surface area (Å²) in [5, 5.41) is 2.75. The molecule has 1 aliphatic heterocycles. The van der Waals surface area contributed by atoms with E-state index in [0.717, 1.165) is 5.69 Å². The summed E-state index contributed by atoms with van der Waals surface area (Å²) in [7, 11) is 0. The molecule has 0 aromatic carbocycles. The third-order valence-corrected chi connectivity index (χ3v) is 3.87. The van der Waals surface area contributed by atoms with Crippen molar-refractivity contribution in [2.24, 2.45) is 0 Å². The Morgan fingerprint density at radius 1 is 1.47 bits per heavy atom. The van der Waals surface area contributed by atoms with Crippen LogP contribution in [0.15, 0.2) is 5.51 Å². The highest BCUT2D eigenvalue weighted by Gasteiger charge is 2.17. The number of ether oxygens (including phenoxy) is 1. The van der Waals surface area contributed by atoms with Crippen LogP contribution in [0.4, 0.5) is 0 Å². The van der Waals surface area contributed by atoms with E-state index in [2.05, 4.69) is 10.3 Å². The Balaban J connectivity index is 1.73. The predicted octanol–water partition coefficient (Wildman–Crippen LogP) is 0.430. The fourth-order valence-corrected chi connectivity index (χ4v) is 2.57. The van der Waals surface area contributed by atoms with E-state index < -0.39 is 0 Å².